The molecule has 0 saturated heterocycles. The molecule has 0 aromatic heterocycles. The Balaban J connectivity index is 0.781. The van der Waals surface area contributed by atoms with Crippen LogP contribution < -0.4 is 49.1 Å². The zero-order valence-corrected chi connectivity index (χ0v) is 48.6. The van der Waals surface area contributed by atoms with Gasteiger partial charge in [0.15, 0.2) is 0 Å². The largest absolute Gasteiger partial charge is 0.508 e. The van der Waals surface area contributed by atoms with Crippen LogP contribution in [0.4, 0.5) is 17.1 Å². The smallest absolute Gasteiger partial charge is 0.251 e. The molecular weight excluding hydrogens is 1110 g/mol. The van der Waals surface area contributed by atoms with Gasteiger partial charge in [-0.2, -0.15) is 0 Å². The Hall–Kier alpha value is -10.1. The molecule has 0 bridgehead atoms. The maximum Gasteiger partial charge on any atom is 0.251 e. The third-order valence-corrected chi connectivity index (χ3v) is 15.6. The number of amides is 6. The predicted molar refractivity (Wildman–Crippen MR) is 345 cm³/mol. The molecule has 88 heavy (non-hydrogen) atoms. The number of anilines is 3. The second kappa shape index (κ2) is 29.8. The number of rotatable bonds is 27. The van der Waals surface area contributed by atoms with Crippen LogP contribution in [0.15, 0.2) is 182 Å². The summed E-state index contributed by atoms with van der Waals surface area (Å²) in [6.07, 6.45) is 4.80. The van der Waals surface area contributed by atoms with Gasteiger partial charge in [0, 0.05) is 59.3 Å². The first-order valence-electron chi connectivity index (χ1n) is 29.6. The van der Waals surface area contributed by atoms with Crippen LogP contribution in [-0.2, 0) is 14.4 Å². The number of aromatic hydroxyl groups is 3. The molecule has 0 aliphatic heterocycles. The van der Waals surface area contributed by atoms with Crippen LogP contribution in [0.25, 0.3) is 32.3 Å². The topological polar surface area (TPSA) is 313 Å². The molecule has 18 heteroatoms. The SMILES string of the molecule is N[C@H](CCCCNC(=O)c1cccc2cc(O)ccc12)C(=O)Nc1ccc(C(c2ccc(NC(=O)[C@H](N)CCCCNC(=O)c3cccc4cc(O)ccc34)cc2)c2ccc(NC(=O)[C@@H](N)CCCCNC(=O)c3cccc4cc(O)ccc34)cc2)cc1. The van der Waals surface area contributed by atoms with Gasteiger partial charge < -0.3 is 64.4 Å². The lowest BCUT2D eigenvalue weighted by atomic mass is 9.85. The van der Waals surface area contributed by atoms with E-state index in [1.807, 2.05) is 54.6 Å². The molecule has 9 rings (SSSR count). The standard InChI is InChI=1S/C70H73N9O9/c71-61(16-1-4-37-74-65(83)58-13-7-10-46-40-52(80)31-34-55(46)58)68(86)77-49-25-19-43(20-26-49)64(44-21-27-50(28-22-44)78-69(87)62(72)17-2-5-38-75-66(84)59-14-8-11-47-41-53(81)32-35-56(47)59)45-23-29-51(30-24-45)79-70(88)63(73)18-3-6-39-76-67(85)60-15-9-12-48-42-54(82)33-36-57(48)60/h7-15,19-36,40-42,61-64,80-82H,1-6,16-18,37-39,71-73H2,(H,74,83)(H,75,84)(H,76,85)(H,77,86)(H,78,87)(H,79,88)/t61-,62-,63+/m1/s1. The number of nitrogens with two attached hydrogens (primary N) is 3. The van der Waals surface area contributed by atoms with Crippen molar-refractivity contribution >= 4 is 84.8 Å². The number of phenolic OH excluding ortho intramolecular Hbond substituents is 3. The Kier molecular flexibility index (Phi) is 21.1. The number of benzene rings is 9. The number of carbonyl (C=O) groups is 6. The lowest BCUT2D eigenvalue weighted by Crippen LogP contribution is -2.35. The molecule has 0 unspecified atom stereocenters. The molecule has 18 nitrogen and oxygen atoms in total. The monoisotopic (exact) mass is 1180 g/mol. The molecule has 0 aliphatic rings. The van der Waals surface area contributed by atoms with E-state index in [0.717, 1.165) is 49.0 Å². The van der Waals surface area contributed by atoms with Gasteiger partial charge in [0.05, 0.1) is 18.1 Å². The van der Waals surface area contributed by atoms with Crippen LogP contribution >= 0.6 is 0 Å². The number of phenols is 3. The lowest BCUT2D eigenvalue weighted by molar-refractivity contribution is -0.118. The van der Waals surface area contributed by atoms with Crippen molar-refractivity contribution in [3.8, 4) is 17.2 Å². The lowest BCUT2D eigenvalue weighted by Gasteiger charge is -2.21. The van der Waals surface area contributed by atoms with E-state index in [1.165, 1.54) is 0 Å². The summed E-state index contributed by atoms with van der Waals surface area (Å²) in [5, 5.41) is 51.7. The number of nitrogens with one attached hydrogen (secondary N) is 6. The minimum atomic E-state index is -0.796. The van der Waals surface area contributed by atoms with E-state index >= 15 is 0 Å². The van der Waals surface area contributed by atoms with Gasteiger partial charge in [-0.05, 0) is 216 Å². The summed E-state index contributed by atoms with van der Waals surface area (Å²) in [5.41, 5.74) is 24.8. The van der Waals surface area contributed by atoms with Crippen LogP contribution in [0.3, 0.4) is 0 Å². The van der Waals surface area contributed by atoms with Crippen LogP contribution in [0.2, 0.25) is 0 Å². The Morgan fingerprint density at radius 1 is 0.341 bits per heavy atom. The van der Waals surface area contributed by atoms with E-state index < -0.39 is 18.1 Å². The van der Waals surface area contributed by atoms with Crippen molar-refractivity contribution in [3.63, 3.8) is 0 Å². The maximum absolute atomic E-state index is 13.3. The van der Waals surface area contributed by atoms with Crippen molar-refractivity contribution < 1.29 is 44.1 Å². The van der Waals surface area contributed by atoms with Crippen LogP contribution in [0.1, 0.15) is 111 Å². The Labute approximate surface area is 509 Å². The summed E-state index contributed by atoms with van der Waals surface area (Å²) in [5.74, 6) is -1.71. The Morgan fingerprint density at radius 3 is 0.886 bits per heavy atom. The molecule has 0 fully saturated rings. The Morgan fingerprint density at radius 2 is 0.614 bits per heavy atom. The van der Waals surface area contributed by atoms with Crippen molar-refractivity contribution in [3.05, 3.63) is 215 Å². The van der Waals surface area contributed by atoms with Gasteiger partial charge in [-0.15, -0.1) is 0 Å². The van der Waals surface area contributed by atoms with Crippen molar-refractivity contribution in [1.82, 2.24) is 16.0 Å². The summed E-state index contributed by atoms with van der Waals surface area (Å²) < 4.78 is 0. The zero-order chi connectivity index (χ0) is 62.1. The highest BCUT2D eigenvalue weighted by molar-refractivity contribution is 6.09. The number of unbranched alkanes of at least 4 members (excludes halogenated alkanes) is 3. The highest BCUT2D eigenvalue weighted by atomic mass is 16.3. The first-order chi connectivity index (χ1) is 42.6. The van der Waals surface area contributed by atoms with E-state index in [9.17, 15) is 44.1 Å². The van der Waals surface area contributed by atoms with Crippen molar-refractivity contribution in [2.45, 2.75) is 81.8 Å². The van der Waals surface area contributed by atoms with Gasteiger partial charge >= 0.3 is 0 Å². The molecule has 0 saturated carbocycles. The summed E-state index contributed by atoms with van der Waals surface area (Å²) in [6.45, 7) is 1.18. The molecule has 0 radical (unpaired) electrons. The van der Waals surface area contributed by atoms with Gasteiger partial charge in [0.1, 0.15) is 17.2 Å². The quantitative estimate of drug-likeness (QED) is 0.0169. The average Bonchev–Trinajstić information content (AvgIpc) is 1.84. The van der Waals surface area contributed by atoms with Gasteiger partial charge in [-0.1, -0.05) is 72.8 Å². The first-order valence-corrected chi connectivity index (χ1v) is 29.6. The fraction of sp³-hybridized carbons (Fsp3) is 0.229. The van der Waals surface area contributed by atoms with E-state index in [1.54, 1.807) is 127 Å². The van der Waals surface area contributed by atoms with Crippen molar-refractivity contribution in [1.29, 1.82) is 0 Å². The van der Waals surface area contributed by atoms with Gasteiger partial charge in [0.2, 0.25) is 17.7 Å². The minimum absolute atomic E-state index is 0.122. The molecule has 0 aliphatic carbocycles. The van der Waals surface area contributed by atoms with Crippen molar-refractivity contribution in [2.24, 2.45) is 17.2 Å². The molecule has 6 amide bonds. The minimum Gasteiger partial charge on any atom is -0.508 e. The molecule has 452 valence electrons. The molecule has 0 spiro atoms. The van der Waals surface area contributed by atoms with E-state index in [0.29, 0.717) is 111 Å². The maximum atomic E-state index is 13.3. The van der Waals surface area contributed by atoms with E-state index in [4.69, 9.17) is 17.2 Å². The second-order valence-corrected chi connectivity index (χ2v) is 22.0. The molecule has 0 heterocycles. The third kappa shape index (κ3) is 16.4. The molecular formula is C70H73N9O9. The normalized spacial score (nSPS) is 12.3. The fourth-order valence-corrected chi connectivity index (χ4v) is 10.7. The van der Waals surface area contributed by atoms with Crippen LogP contribution in [0, 0.1) is 0 Å². The number of carbonyl (C=O) groups excluding carboxylic acids is 6. The molecule has 15 N–H and O–H groups in total. The summed E-state index contributed by atoms with van der Waals surface area (Å²) in [4.78, 5) is 79.0. The van der Waals surface area contributed by atoms with Gasteiger partial charge in [-0.25, -0.2) is 0 Å². The summed E-state index contributed by atoms with van der Waals surface area (Å²) in [6, 6.07) is 50.6. The fourth-order valence-electron chi connectivity index (χ4n) is 10.7. The number of fused-ring (bicyclic) bond motifs is 3. The number of hydrogen-bond acceptors (Lipinski definition) is 12. The number of hydrogen-bond donors (Lipinski definition) is 12. The molecule has 9 aromatic carbocycles. The third-order valence-electron chi connectivity index (χ3n) is 15.6. The second-order valence-electron chi connectivity index (χ2n) is 22.0. The first kappa shape index (κ1) is 62.4. The van der Waals surface area contributed by atoms with Gasteiger partial charge in [-0.3, -0.25) is 28.8 Å². The van der Waals surface area contributed by atoms with E-state index in [2.05, 4.69) is 31.9 Å². The molecule has 9 aromatic rings. The van der Waals surface area contributed by atoms with Gasteiger partial charge in [0.25, 0.3) is 17.7 Å². The zero-order valence-electron chi connectivity index (χ0n) is 48.6. The predicted octanol–water partition coefficient (Wildman–Crippen LogP) is 10.0. The van der Waals surface area contributed by atoms with Crippen LogP contribution in [-0.4, -0.2) is 88.5 Å². The Bertz CT molecular complexity index is 3550. The average molecular weight is 1180 g/mol. The van der Waals surface area contributed by atoms with Crippen molar-refractivity contribution in [2.75, 3.05) is 35.6 Å². The highest BCUT2D eigenvalue weighted by Gasteiger charge is 2.22. The van der Waals surface area contributed by atoms with Crippen LogP contribution in [0.5, 0.6) is 17.2 Å². The molecule has 3 atom stereocenters. The van der Waals surface area contributed by atoms with E-state index in [-0.39, 0.29) is 58.6 Å². The highest BCUT2D eigenvalue weighted by Crippen LogP contribution is 2.35. The summed E-state index contributed by atoms with van der Waals surface area (Å²) in [7, 11) is 0. The summed E-state index contributed by atoms with van der Waals surface area (Å²) >= 11 is 0.